The normalized spacial score (nSPS) is 12.3. The number of nitrogens with one attached hydrogen (secondary N) is 1. The number of hydrogen-bond acceptors (Lipinski definition) is 6. The summed E-state index contributed by atoms with van der Waals surface area (Å²) < 4.78 is 33.4. The van der Waals surface area contributed by atoms with Gasteiger partial charge in [-0.3, -0.25) is 15.1 Å². The lowest BCUT2D eigenvalue weighted by atomic mass is 10.0. The molecule has 3 aromatic rings. The molecule has 0 aliphatic heterocycles. The van der Waals surface area contributed by atoms with E-state index in [4.69, 9.17) is 4.74 Å². The Kier molecular flexibility index (Phi) is 5.90. The van der Waals surface area contributed by atoms with Gasteiger partial charge in [-0.05, 0) is 36.2 Å². The predicted octanol–water partition coefficient (Wildman–Crippen LogP) is 3.70. The van der Waals surface area contributed by atoms with E-state index >= 15 is 0 Å². The zero-order valence-corrected chi connectivity index (χ0v) is 16.6. The molecular formula is C20H19N3O5S. The van der Waals surface area contributed by atoms with E-state index in [1.54, 1.807) is 44.6 Å². The van der Waals surface area contributed by atoms with E-state index in [9.17, 15) is 18.5 Å². The quantitative estimate of drug-likeness (QED) is 0.467. The molecule has 0 fully saturated rings. The van der Waals surface area contributed by atoms with Crippen molar-refractivity contribution in [3.63, 3.8) is 0 Å². The number of nitrogens with zero attached hydrogens (tertiary/aromatic N) is 2. The van der Waals surface area contributed by atoms with Crippen LogP contribution in [0.4, 0.5) is 5.69 Å². The van der Waals surface area contributed by atoms with Crippen LogP contribution in [-0.2, 0) is 10.0 Å². The molecule has 29 heavy (non-hydrogen) atoms. The molecule has 1 atom stereocenters. The van der Waals surface area contributed by atoms with Crippen LogP contribution in [0, 0.1) is 10.1 Å². The van der Waals surface area contributed by atoms with Gasteiger partial charge in [-0.25, -0.2) is 13.1 Å². The number of nitro groups is 1. The van der Waals surface area contributed by atoms with Crippen molar-refractivity contribution < 1.29 is 18.1 Å². The van der Waals surface area contributed by atoms with Crippen molar-refractivity contribution in [1.82, 2.24) is 9.71 Å². The van der Waals surface area contributed by atoms with Crippen molar-refractivity contribution in [2.75, 3.05) is 7.11 Å². The second-order valence-electron chi connectivity index (χ2n) is 6.27. The molecule has 0 aliphatic rings. The van der Waals surface area contributed by atoms with E-state index in [1.807, 2.05) is 12.1 Å². The molecule has 1 aromatic heterocycles. The summed E-state index contributed by atoms with van der Waals surface area (Å²) in [4.78, 5) is 14.1. The molecular weight excluding hydrogens is 394 g/mol. The van der Waals surface area contributed by atoms with Crippen molar-refractivity contribution >= 4 is 15.7 Å². The van der Waals surface area contributed by atoms with Gasteiger partial charge in [-0.15, -0.1) is 0 Å². The lowest BCUT2D eigenvalue weighted by Gasteiger charge is -2.16. The summed E-state index contributed by atoms with van der Waals surface area (Å²) in [5.41, 5.74) is 1.88. The van der Waals surface area contributed by atoms with Crippen LogP contribution < -0.4 is 9.46 Å². The Bertz CT molecular complexity index is 1150. The van der Waals surface area contributed by atoms with Crippen molar-refractivity contribution in [1.29, 1.82) is 0 Å². The van der Waals surface area contributed by atoms with Gasteiger partial charge >= 0.3 is 0 Å². The van der Waals surface area contributed by atoms with Gasteiger partial charge in [-0.2, -0.15) is 0 Å². The highest BCUT2D eigenvalue weighted by Crippen LogP contribution is 2.31. The molecule has 0 amide bonds. The lowest BCUT2D eigenvalue weighted by Crippen LogP contribution is -2.27. The van der Waals surface area contributed by atoms with Crippen molar-refractivity contribution in [2.45, 2.75) is 17.9 Å². The largest absolute Gasteiger partial charge is 0.494 e. The number of rotatable bonds is 7. The summed E-state index contributed by atoms with van der Waals surface area (Å²) in [6, 6.07) is 13.7. The summed E-state index contributed by atoms with van der Waals surface area (Å²) in [5.74, 6) is 0.595. The number of aromatic nitrogens is 1. The lowest BCUT2D eigenvalue weighted by molar-refractivity contribution is -0.387. The van der Waals surface area contributed by atoms with Gasteiger partial charge in [0.2, 0.25) is 10.0 Å². The van der Waals surface area contributed by atoms with Gasteiger partial charge in [0, 0.05) is 23.9 Å². The van der Waals surface area contributed by atoms with Gasteiger partial charge in [0.05, 0.1) is 18.2 Å². The molecule has 0 aliphatic carbocycles. The van der Waals surface area contributed by atoms with Gasteiger partial charge in [0.15, 0.2) is 4.90 Å². The molecule has 0 saturated carbocycles. The minimum Gasteiger partial charge on any atom is -0.494 e. The van der Waals surface area contributed by atoms with Gasteiger partial charge < -0.3 is 4.74 Å². The Morgan fingerprint density at radius 2 is 1.90 bits per heavy atom. The van der Waals surface area contributed by atoms with E-state index in [0.717, 1.165) is 17.2 Å². The van der Waals surface area contributed by atoms with Crippen LogP contribution in [0.5, 0.6) is 5.75 Å². The van der Waals surface area contributed by atoms with Crippen LogP contribution in [0.1, 0.15) is 18.5 Å². The molecule has 1 unspecified atom stereocenters. The maximum absolute atomic E-state index is 12.8. The van der Waals surface area contributed by atoms with Crippen LogP contribution >= 0.6 is 0 Å². The Balaban J connectivity index is 1.92. The fourth-order valence-corrected chi connectivity index (χ4v) is 4.36. The predicted molar refractivity (Wildman–Crippen MR) is 108 cm³/mol. The summed E-state index contributed by atoms with van der Waals surface area (Å²) in [7, 11) is -2.55. The highest BCUT2D eigenvalue weighted by atomic mass is 32.2. The highest BCUT2D eigenvalue weighted by Gasteiger charge is 2.27. The molecule has 3 rings (SSSR count). The molecule has 0 radical (unpaired) electrons. The van der Waals surface area contributed by atoms with E-state index in [0.29, 0.717) is 11.3 Å². The molecule has 150 valence electrons. The molecule has 1 N–H and O–H groups in total. The average molecular weight is 413 g/mol. The van der Waals surface area contributed by atoms with Crippen LogP contribution in [0.15, 0.2) is 71.9 Å². The van der Waals surface area contributed by atoms with E-state index in [-0.39, 0.29) is 4.90 Å². The first-order valence-corrected chi connectivity index (χ1v) is 10.2. The second kappa shape index (κ2) is 8.38. The summed E-state index contributed by atoms with van der Waals surface area (Å²) in [6.45, 7) is 1.68. The number of sulfonamides is 1. The van der Waals surface area contributed by atoms with Crippen molar-refractivity contribution in [2.24, 2.45) is 0 Å². The van der Waals surface area contributed by atoms with Crippen molar-refractivity contribution in [3.8, 4) is 16.9 Å². The Morgan fingerprint density at radius 3 is 2.62 bits per heavy atom. The van der Waals surface area contributed by atoms with Gasteiger partial charge in [0.1, 0.15) is 5.75 Å². The third-order valence-electron chi connectivity index (χ3n) is 4.39. The Hall–Kier alpha value is -3.30. The average Bonchev–Trinajstić information content (AvgIpc) is 2.73. The van der Waals surface area contributed by atoms with Crippen LogP contribution in [0.3, 0.4) is 0 Å². The molecule has 0 saturated heterocycles. The molecule has 8 nitrogen and oxygen atoms in total. The molecule has 2 aromatic carbocycles. The van der Waals surface area contributed by atoms with E-state index in [2.05, 4.69) is 9.71 Å². The van der Waals surface area contributed by atoms with E-state index in [1.165, 1.54) is 18.2 Å². The van der Waals surface area contributed by atoms with Gasteiger partial charge in [-0.1, -0.05) is 30.3 Å². The number of pyridine rings is 1. The Labute approximate surface area is 168 Å². The fourth-order valence-electron chi connectivity index (χ4n) is 2.96. The van der Waals surface area contributed by atoms with Crippen LogP contribution in [0.25, 0.3) is 11.1 Å². The van der Waals surface area contributed by atoms with Crippen LogP contribution in [0.2, 0.25) is 0 Å². The number of para-hydroxylation sites is 1. The smallest absolute Gasteiger partial charge is 0.289 e. The maximum Gasteiger partial charge on any atom is 0.289 e. The third kappa shape index (κ3) is 4.41. The molecule has 0 bridgehead atoms. The zero-order chi connectivity index (χ0) is 21.0. The summed E-state index contributed by atoms with van der Waals surface area (Å²) in [5, 5.41) is 11.2. The van der Waals surface area contributed by atoms with Crippen LogP contribution in [-0.4, -0.2) is 25.4 Å². The topological polar surface area (TPSA) is 111 Å². The first-order chi connectivity index (χ1) is 13.8. The SMILES string of the molecule is COc1cnccc1-c1cccc(C(C)NS(=O)(=O)c2ccccc2[N+](=O)[O-])c1. The number of methoxy groups -OCH3 is 1. The number of benzene rings is 2. The van der Waals surface area contributed by atoms with Crippen molar-refractivity contribution in [3.05, 3.63) is 82.7 Å². The summed E-state index contributed by atoms with van der Waals surface area (Å²) >= 11 is 0. The number of hydrogen-bond donors (Lipinski definition) is 1. The molecule has 9 heteroatoms. The zero-order valence-electron chi connectivity index (χ0n) is 15.8. The minimum atomic E-state index is -4.10. The molecule has 0 spiro atoms. The third-order valence-corrected chi connectivity index (χ3v) is 5.97. The minimum absolute atomic E-state index is 0.371. The first-order valence-electron chi connectivity index (χ1n) is 8.67. The monoisotopic (exact) mass is 413 g/mol. The highest BCUT2D eigenvalue weighted by molar-refractivity contribution is 7.89. The van der Waals surface area contributed by atoms with E-state index < -0.39 is 26.7 Å². The maximum atomic E-state index is 12.8. The number of nitro benzene ring substituents is 1. The first kappa shape index (κ1) is 20.4. The molecule has 1 heterocycles. The van der Waals surface area contributed by atoms with Gasteiger partial charge in [0.25, 0.3) is 5.69 Å². The standard InChI is InChI=1S/C20H19N3O5S/c1-14(22-29(26,27)20-9-4-3-8-18(20)23(24)25)15-6-5-7-16(12-15)17-10-11-21-13-19(17)28-2/h3-14,22H,1-2H3. The second-order valence-corrected chi connectivity index (χ2v) is 7.95. The fraction of sp³-hybridized carbons (Fsp3) is 0.150. The summed E-state index contributed by atoms with van der Waals surface area (Å²) in [6.07, 6.45) is 3.24. The number of ether oxygens (including phenoxy) is 1. The Morgan fingerprint density at radius 1 is 1.14 bits per heavy atom.